The molecular formula is C29H29F2N3O4. The number of hydrogen-bond donors (Lipinski definition) is 2. The van der Waals surface area contributed by atoms with Crippen molar-refractivity contribution < 1.29 is 27.9 Å². The first-order chi connectivity index (χ1) is 18.2. The zero-order valence-electron chi connectivity index (χ0n) is 21.1. The van der Waals surface area contributed by atoms with E-state index >= 15 is 0 Å². The molecule has 38 heavy (non-hydrogen) atoms. The predicted octanol–water partition coefficient (Wildman–Crippen LogP) is 5.33. The average molecular weight is 522 g/mol. The second kappa shape index (κ2) is 11.9. The van der Waals surface area contributed by atoms with E-state index in [0.717, 1.165) is 0 Å². The van der Waals surface area contributed by atoms with E-state index in [1.54, 1.807) is 36.4 Å². The van der Waals surface area contributed by atoms with Crippen LogP contribution in [0.25, 0.3) is 0 Å². The van der Waals surface area contributed by atoms with Crippen LogP contribution in [0.3, 0.4) is 0 Å². The number of nitrogens with one attached hydrogen (secondary N) is 2. The Balaban J connectivity index is 1.59. The van der Waals surface area contributed by atoms with E-state index in [1.807, 2.05) is 13.8 Å². The van der Waals surface area contributed by atoms with Gasteiger partial charge in [-0.3, -0.25) is 14.5 Å². The van der Waals surface area contributed by atoms with E-state index in [2.05, 4.69) is 10.6 Å². The van der Waals surface area contributed by atoms with Crippen molar-refractivity contribution in [1.29, 1.82) is 0 Å². The molecule has 0 aliphatic carbocycles. The summed E-state index contributed by atoms with van der Waals surface area (Å²) in [7, 11) is 0. The number of cyclic esters (lactones) is 1. The second-order valence-electron chi connectivity index (χ2n) is 9.62. The number of amides is 3. The van der Waals surface area contributed by atoms with Crippen molar-refractivity contribution in [1.82, 2.24) is 10.2 Å². The summed E-state index contributed by atoms with van der Waals surface area (Å²) in [6, 6.07) is 17.1. The largest absolute Gasteiger partial charge is 0.438 e. The van der Waals surface area contributed by atoms with Crippen LogP contribution in [-0.4, -0.2) is 28.8 Å². The molecule has 3 amide bonds. The number of anilines is 1. The van der Waals surface area contributed by atoms with Crippen molar-refractivity contribution in [2.75, 3.05) is 5.32 Å². The van der Waals surface area contributed by atoms with Gasteiger partial charge in [0.25, 0.3) is 0 Å². The highest BCUT2D eigenvalue weighted by atomic mass is 19.1. The normalized spacial score (nSPS) is 16.9. The Bertz CT molecular complexity index is 1300. The number of benzene rings is 3. The molecule has 0 aromatic heterocycles. The molecule has 4 rings (SSSR count). The van der Waals surface area contributed by atoms with E-state index in [9.17, 15) is 23.2 Å². The van der Waals surface area contributed by atoms with Gasteiger partial charge in [-0.05, 0) is 59.0 Å². The van der Waals surface area contributed by atoms with Gasteiger partial charge >= 0.3 is 6.09 Å². The first-order valence-electron chi connectivity index (χ1n) is 12.3. The van der Waals surface area contributed by atoms with Crippen LogP contribution in [0, 0.1) is 17.6 Å². The standard InChI is InChI=1S/C29H29F2N3O4/c1-18(2)14-25(35)33-24-5-3-4-21(15-24)27-26(28(36)32-16-19-6-10-22(30)11-7-19)34(29(37)38-27)17-20-8-12-23(31)13-9-20/h3-13,15,18,26-27H,14,16-17H2,1-2H3,(H,32,36)(H,33,35). The number of carbonyl (C=O) groups is 3. The number of nitrogens with zero attached hydrogens (tertiary/aromatic N) is 1. The third kappa shape index (κ3) is 6.73. The predicted molar refractivity (Wildman–Crippen MR) is 138 cm³/mol. The maximum Gasteiger partial charge on any atom is 0.411 e. The molecule has 0 radical (unpaired) electrons. The van der Waals surface area contributed by atoms with Gasteiger partial charge in [-0.25, -0.2) is 13.6 Å². The summed E-state index contributed by atoms with van der Waals surface area (Å²) in [5.74, 6) is -1.24. The third-order valence-electron chi connectivity index (χ3n) is 6.09. The molecule has 9 heteroatoms. The summed E-state index contributed by atoms with van der Waals surface area (Å²) in [5, 5.41) is 5.65. The smallest absolute Gasteiger partial charge is 0.411 e. The summed E-state index contributed by atoms with van der Waals surface area (Å²) in [6.07, 6.45) is -1.31. The highest BCUT2D eigenvalue weighted by molar-refractivity contribution is 5.91. The summed E-state index contributed by atoms with van der Waals surface area (Å²) >= 11 is 0. The minimum atomic E-state index is -1.05. The maximum absolute atomic E-state index is 13.5. The number of carbonyl (C=O) groups excluding carboxylic acids is 3. The van der Waals surface area contributed by atoms with Crippen LogP contribution in [0.5, 0.6) is 0 Å². The van der Waals surface area contributed by atoms with Gasteiger partial charge in [0, 0.05) is 18.7 Å². The van der Waals surface area contributed by atoms with Crippen LogP contribution in [-0.2, 0) is 27.4 Å². The summed E-state index contributed by atoms with van der Waals surface area (Å²) in [6.45, 7) is 4.03. The molecule has 1 aliphatic rings. The molecule has 2 unspecified atom stereocenters. The molecule has 198 valence electrons. The van der Waals surface area contributed by atoms with Crippen LogP contribution in [0.15, 0.2) is 72.8 Å². The van der Waals surface area contributed by atoms with Crippen LogP contribution in [0.4, 0.5) is 19.3 Å². The van der Waals surface area contributed by atoms with E-state index in [1.165, 1.54) is 41.3 Å². The van der Waals surface area contributed by atoms with E-state index in [0.29, 0.717) is 28.8 Å². The molecule has 0 saturated carbocycles. The van der Waals surface area contributed by atoms with E-state index < -0.39 is 30.0 Å². The number of hydrogen-bond acceptors (Lipinski definition) is 4. The van der Waals surface area contributed by atoms with Gasteiger partial charge in [0.1, 0.15) is 11.6 Å². The van der Waals surface area contributed by atoms with Crippen LogP contribution in [0.1, 0.15) is 43.1 Å². The van der Waals surface area contributed by atoms with Crippen LogP contribution >= 0.6 is 0 Å². The van der Waals surface area contributed by atoms with Gasteiger partial charge in [0.05, 0.1) is 6.54 Å². The van der Waals surface area contributed by atoms with Crippen molar-refractivity contribution >= 4 is 23.6 Å². The molecule has 0 bridgehead atoms. The molecule has 2 N–H and O–H groups in total. The Hall–Kier alpha value is -4.27. The van der Waals surface area contributed by atoms with Gasteiger partial charge in [0.15, 0.2) is 12.1 Å². The highest BCUT2D eigenvalue weighted by Gasteiger charge is 2.47. The van der Waals surface area contributed by atoms with Crippen LogP contribution in [0.2, 0.25) is 0 Å². The van der Waals surface area contributed by atoms with Gasteiger partial charge in [0.2, 0.25) is 11.8 Å². The maximum atomic E-state index is 13.5. The minimum absolute atomic E-state index is 0.0229. The third-order valence-corrected chi connectivity index (χ3v) is 6.09. The number of rotatable bonds is 9. The Kier molecular flexibility index (Phi) is 8.35. The summed E-state index contributed by atoms with van der Waals surface area (Å²) in [4.78, 5) is 40.0. The van der Waals surface area contributed by atoms with Crippen molar-refractivity contribution in [2.24, 2.45) is 5.92 Å². The van der Waals surface area contributed by atoms with Crippen LogP contribution < -0.4 is 10.6 Å². The lowest BCUT2D eigenvalue weighted by Crippen LogP contribution is -2.46. The molecule has 1 fully saturated rings. The topological polar surface area (TPSA) is 87.7 Å². The zero-order valence-corrected chi connectivity index (χ0v) is 21.1. The van der Waals surface area contributed by atoms with Gasteiger partial charge in [-0.2, -0.15) is 0 Å². The summed E-state index contributed by atoms with van der Waals surface area (Å²) < 4.78 is 32.4. The SMILES string of the molecule is CC(C)CC(=O)Nc1cccc(C2OC(=O)N(Cc3ccc(F)cc3)C2C(=O)NCc2ccc(F)cc2)c1. The lowest BCUT2D eigenvalue weighted by atomic mass is 9.99. The van der Waals surface area contributed by atoms with Gasteiger partial charge in [-0.1, -0.05) is 50.2 Å². The molecule has 0 spiro atoms. The molecule has 1 heterocycles. The second-order valence-corrected chi connectivity index (χ2v) is 9.62. The average Bonchev–Trinajstić information content (AvgIpc) is 3.20. The molecule has 2 atom stereocenters. The highest BCUT2D eigenvalue weighted by Crippen LogP contribution is 2.35. The molecule has 3 aromatic rings. The van der Waals surface area contributed by atoms with E-state index in [4.69, 9.17) is 4.74 Å². The number of ether oxygens (including phenoxy) is 1. The minimum Gasteiger partial charge on any atom is -0.438 e. The Morgan fingerprint density at radius 2 is 1.58 bits per heavy atom. The Morgan fingerprint density at radius 1 is 0.947 bits per heavy atom. The first kappa shape index (κ1) is 26.8. The monoisotopic (exact) mass is 521 g/mol. The van der Waals surface area contributed by atoms with Gasteiger partial charge < -0.3 is 15.4 Å². The molecule has 1 aliphatic heterocycles. The van der Waals surface area contributed by atoms with Crippen molar-refractivity contribution in [3.05, 3.63) is 101 Å². The molecular weight excluding hydrogens is 492 g/mol. The van der Waals surface area contributed by atoms with Crippen molar-refractivity contribution in [3.63, 3.8) is 0 Å². The van der Waals surface area contributed by atoms with Crippen molar-refractivity contribution in [3.8, 4) is 0 Å². The fraction of sp³-hybridized carbons (Fsp3) is 0.276. The molecule has 1 saturated heterocycles. The van der Waals surface area contributed by atoms with Crippen molar-refractivity contribution in [2.45, 2.75) is 45.5 Å². The van der Waals surface area contributed by atoms with E-state index in [-0.39, 0.29) is 30.7 Å². The zero-order chi connectivity index (χ0) is 27.2. The number of halogens is 2. The fourth-order valence-corrected chi connectivity index (χ4v) is 4.27. The molecule has 3 aromatic carbocycles. The molecule has 7 nitrogen and oxygen atoms in total. The Labute approximate surface area is 219 Å². The lowest BCUT2D eigenvalue weighted by Gasteiger charge is -2.24. The lowest BCUT2D eigenvalue weighted by molar-refractivity contribution is -0.126. The quantitative estimate of drug-likeness (QED) is 0.399. The first-order valence-corrected chi connectivity index (χ1v) is 12.3. The summed E-state index contributed by atoms with van der Waals surface area (Å²) in [5.41, 5.74) is 2.35. The van der Waals surface area contributed by atoms with Gasteiger partial charge in [-0.15, -0.1) is 0 Å². The fourth-order valence-electron chi connectivity index (χ4n) is 4.27. The Morgan fingerprint density at radius 3 is 2.21 bits per heavy atom.